The molecule has 0 aromatic heterocycles. The van der Waals surface area contributed by atoms with E-state index in [1.807, 2.05) is 18.2 Å². The lowest BCUT2D eigenvalue weighted by atomic mass is 9.96. The molecule has 2 aliphatic rings. The van der Waals surface area contributed by atoms with E-state index in [2.05, 4.69) is 26.6 Å². The Morgan fingerprint density at radius 3 is 2.69 bits per heavy atom. The van der Waals surface area contributed by atoms with E-state index >= 15 is 0 Å². The zero-order chi connectivity index (χ0) is 11.3. The van der Waals surface area contributed by atoms with E-state index in [0.717, 1.165) is 15.6 Å². The minimum Gasteiger partial charge on any atom is -0.323 e. The van der Waals surface area contributed by atoms with Crippen LogP contribution in [0.4, 0.5) is 4.79 Å². The molecule has 1 unspecified atom stereocenters. The average molecular weight is 281 g/mol. The fourth-order valence-electron chi connectivity index (χ4n) is 2.43. The van der Waals surface area contributed by atoms with Crippen LogP contribution in [0.25, 0.3) is 0 Å². The molecule has 1 fully saturated rings. The van der Waals surface area contributed by atoms with Gasteiger partial charge in [0, 0.05) is 17.3 Å². The Labute approximate surface area is 101 Å². The first-order valence-corrected chi connectivity index (χ1v) is 5.80. The monoisotopic (exact) mass is 280 g/mol. The smallest absolute Gasteiger partial charge is 0.322 e. The minimum atomic E-state index is -0.761. The van der Waals surface area contributed by atoms with Gasteiger partial charge in [0.05, 0.1) is 0 Å². The van der Waals surface area contributed by atoms with Crippen LogP contribution in [0.15, 0.2) is 22.7 Å². The lowest BCUT2D eigenvalue weighted by Crippen LogP contribution is -2.47. The van der Waals surface area contributed by atoms with Crippen molar-refractivity contribution in [3.8, 4) is 0 Å². The fourth-order valence-corrected chi connectivity index (χ4v) is 2.98. The van der Waals surface area contributed by atoms with Crippen LogP contribution in [0.2, 0.25) is 0 Å². The SMILES string of the molecule is O=C1NC(=O)C2(Cc3cccc(Br)c3C2)N1. The van der Waals surface area contributed by atoms with E-state index in [4.69, 9.17) is 0 Å². The molecule has 1 aromatic carbocycles. The zero-order valence-electron chi connectivity index (χ0n) is 8.34. The Kier molecular flexibility index (Phi) is 1.89. The van der Waals surface area contributed by atoms with Gasteiger partial charge in [-0.2, -0.15) is 0 Å². The van der Waals surface area contributed by atoms with Gasteiger partial charge in [-0.1, -0.05) is 28.1 Å². The summed E-state index contributed by atoms with van der Waals surface area (Å²) < 4.78 is 0.996. The van der Waals surface area contributed by atoms with Crippen LogP contribution in [0.5, 0.6) is 0 Å². The van der Waals surface area contributed by atoms with Crippen molar-refractivity contribution in [2.24, 2.45) is 0 Å². The Hall–Kier alpha value is -1.36. The molecule has 1 aliphatic heterocycles. The molecule has 0 saturated carbocycles. The normalized spacial score (nSPS) is 26.8. The molecule has 2 N–H and O–H groups in total. The first-order chi connectivity index (χ1) is 7.61. The number of rotatable bonds is 0. The van der Waals surface area contributed by atoms with Gasteiger partial charge in [-0.15, -0.1) is 0 Å². The third kappa shape index (κ3) is 1.21. The first kappa shape index (κ1) is 9.84. The number of nitrogens with one attached hydrogen (secondary N) is 2. The summed E-state index contributed by atoms with van der Waals surface area (Å²) in [5.74, 6) is -0.222. The van der Waals surface area contributed by atoms with Crippen molar-refractivity contribution in [3.63, 3.8) is 0 Å². The lowest BCUT2D eigenvalue weighted by Gasteiger charge is -2.18. The maximum atomic E-state index is 11.8. The number of hydrogen-bond acceptors (Lipinski definition) is 2. The Bertz CT molecular complexity index is 515. The summed E-state index contributed by atoms with van der Waals surface area (Å²) in [6.45, 7) is 0. The third-order valence-corrected chi connectivity index (χ3v) is 3.94. The predicted molar refractivity (Wildman–Crippen MR) is 61.0 cm³/mol. The minimum absolute atomic E-state index is 0.222. The molecule has 3 rings (SSSR count). The van der Waals surface area contributed by atoms with Crippen LogP contribution in [0, 0.1) is 0 Å². The van der Waals surface area contributed by atoms with Crippen LogP contribution in [0.3, 0.4) is 0 Å². The third-order valence-electron chi connectivity index (χ3n) is 3.20. The van der Waals surface area contributed by atoms with E-state index in [-0.39, 0.29) is 5.91 Å². The highest BCUT2D eigenvalue weighted by Gasteiger charge is 2.50. The highest BCUT2D eigenvalue weighted by atomic mass is 79.9. The zero-order valence-corrected chi connectivity index (χ0v) is 9.93. The second kappa shape index (κ2) is 3.07. The molecule has 1 heterocycles. The van der Waals surface area contributed by atoms with Crippen molar-refractivity contribution in [2.75, 3.05) is 0 Å². The van der Waals surface area contributed by atoms with Gasteiger partial charge in [-0.25, -0.2) is 4.79 Å². The van der Waals surface area contributed by atoms with Gasteiger partial charge in [0.1, 0.15) is 5.54 Å². The maximum Gasteiger partial charge on any atom is 0.322 e. The topological polar surface area (TPSA) is 58.2 Å². The average Bonchev–Trinajstić information content (AvgIpc) is 2.70. The lowest BCUT2D eigenvalue weighted by molar-refractivity contribution is -0.123. The Balaban J connectivity index is 2.05. The number of carbonyl (C=O) groups excluding carboxylic acids is 2. The van der Waals surface area contributed by atoms with Gasteiger partial charge in [-0.3, -0.25) is 10.1 Å². The summed E-state index contributed by atoms with van der Waals surface area (Å²) in [5.41, 5.74) is 1.47. The van der Waals surface area contributed by atoms with Gasteiger partial charge in [0.2, 0.25) is 0 Å². The van der Waals surface area contributed by atoms with E-state index in [1.165, 1.54) is 0 Å². The molecule has 5 heteroatoms. The predicted octanol–water partition coefficient (Wildman–Crippen LogP) is 1.13. The van der Waals surface area contributed by atoms with Crippen LogP contribution in [-0.4, -0.2) is 17.5 Å². The number of halogens is 1. The van der Waals surface area contributed by atoms with E-state index in [9.17, 15) is 9.59 Å². The van der Waals surface area contributed by atoms with Crippen molar-refractivity contribution in [1.29, 1.82) is 0 Å². The fraction of sp³-hybridized carbons (Fsp3) is 0.273. The molecule has 1 aromatic rings. The number of fused-ring (bicyclic) bond motifs is 1. The largest absolute Gasteiger partial charge is 0.323 e. The Morgan fingerprint density at radius 2 is 2.06 bits per heavy atom. The highest BCUT2D eigenvalue weighted by molar-refractivity contribution is 9.10. The second-order valence-electron chi connectivity index (χ2n) is 4.22. The van der Waals surface area contributed by atoms with Gasteiger partial charge >= 0.3 is 6.03 Å². The van der Waals surface area contributed by atoms with Gasteiger partial charge < -0.3 is 5.32 Å². The van der Waals surface area contributed by atoms with E-state index in [0.29, 0.717) is 12.8 Å². The van der Waals surface area contributed by atoms with Gasteiger partial charge in [0.15, 0.2) is 0 Å². The number of hydrogen-bond donors (Lipinski definition) is 2. The summed E-state index contributed by atoms with van der Waals surface area (Å²) >= 11 is 3.47. The number of urea groups is 1. The number of amides is 3. The molecule has 16 heavy (non-hydrogen) atoms. The van der Waals surface area contributed by atoms with Crippen LogP contribution in [0.1, 0.15) is 11.1 Å². The summed E-state index contributed by atoms with van der Waals surface area (Å²) in [4.78, 5) is 23.0. The summed E-state index contributed by atoms with van der Waals surface area (Å²) in [5, 5.41) is 5.03. The van der Waals surface area contributed by atoms with E-state index in [1.54, 1.807) is 0 Å². The molecule has 1 aliphatic carbocycles. The second-order valence-corrected chi connectivity index (χ2v) is 5.08. The molecule has 1 saturated heterocycles. The van der Waals surface area contributed by atoms with Crippen LogP contribution in [-0.2, 0) is 17.6 Å². The molecule has 0 bridgehead atoms. The summed E-state index contributed by atoms with van der Waals surface area (Å²) in [6, 6.07) is 5.49. The number of carbonyl (C=O) groups is 2. The van der Waals surface area contributed by atoms with Crippen LogP contribution < -0.4 is 10.6 Å². The summed E-state index contributed by atoms with van der Waals surface area (Å²) in [6.07, 6.45) is 1.13. The number of imide groups is 1. The van der Waals surface area contributed by atoms with Crippen LogP contribution >= 0.6 is 15.9 Å². The summed E-state index contributed by atoms with van der Waals surface area (Å²) in [7, 11) is 0. The van der Waals surface area contributed by atoms with Crippen molar-refractivity contribution >= 4 is 27.9 Å². The molecule has 82 valence electrons. The Morgan fingerprint density at radius 1 is 1.25 bits per heavy atom. The maximum absolute atomic E-state index is 11.8. The standard InChI is InChI=1S/C11H9BrN2O2/c12-8-3-1-2-6-4-11(5-7(6)8)9(15)13-10(16)14-11/h1-3H,4-5H2,(H2,13,14,15,16). The quantitative estimate of drug-likeness (QED) is 0.700. The number of benzene rings is 1. The molecule has 4 nitrogen and oxygen atoms in total. The molecular weight excluding hydrogens is 272 g/mol. The van der Waals surface area contributed by atoms with Crippen molar-refractivity contribution in [1.82, 2.24) is 10.6 Å². The molecule has 1 spiro atoms. The van der Waals surface area contributed by atoms with Gasteiger partial charge in [-0.05, 0) is 17.2 Å². The molecule has 1 atom stereocenters. The first-order valence-electron chi connectivity index (χ1n) is 5.01. The van der Waals surface area contributed by atoms with Crippen molar-refractivity contribution < 1.29 is 9.59 Å². The molecular formula is C11H9BrN2O2. The van der Waals surface area contributed by atoms with E-state index < -0.39 is 11.6 Å². The molecule has 3 amide bonds. The van der Waals surface area contributed by atoms with Crippen molar-refractivity contribution in [3.05, 3.63) is 33.8 Å². The van der Waals surface area contributed by atoms with Crippen molar-refractivity contribution in [2.45, 2.75) is 18.4 Å². The molecule has 0 radical (unpaired) electrons. The highest BCUT2D eigenvalue weighted by Crippen LogP contribution is 2.36. The van der Waals surface area contributed by atoms with Gasteiger partial charge in [0.25, 0.3) is 5.91 Å².